The van der Waals surface area contributed by atoms with E-state index in [1.165, 1.54) is 4.90 Å². The van der Waals surface area contributed by atoms with Gasteiger partial charge in [-0.25, -0.2) is 4.79 Å². The van der Waals surface area contributed by atoms with Crippen LogP contribution in [0.1, 0.15) is 28.7 Å². The van der Waals surface area contributed by atoms with E-state index in [9.17, 15) is 14.4 Å². The molecule has 0 radical (unpaired) electrons. The van der Waals surface area contributed by atoms with Crippen LogP contribution in [0.5, 0.6) is 5.75 Å². The highest BCUT2D eigenvalue weighted by molar-refractivity contribution is 5.94. The minimum Gasteiger partial charge on any atom is -0.484 e. The number of ether oxygens (including phenoxy) is 1. The number of nitrogens with two attached hydrogens (primary N) is 2. The highest BCUT2D eigenvalue weighted by atomic mass is 16.5. The second-order valence-electron chi connectivity index (χ2n) is 8.36. The van der Waals surface area contributed by atoms with Crippen molar-refractivity contribution in [1.82, 2.24) is 10.2 Å². The summed E-state index contributed by atoms with van der Waals surface area (Å²) in [4.78, 5) is 38.2. The first-order chi connectivity index (χ1) is 17.4. The summed E-state index contributed by atoms with van der Waals surface area (Å²) in [5, 5.41) is 2.86. The molecule has 0 saturated heterocycles. The van der Waals surface area contributed by atoms with Gasteiger partial charge < -0.3 is 21.5 Å². The van der Waals surface area contributed by atoms with E-state index in [-0.39, 0.29) is 25.5 Å². The van der Waals surface area contributed by atoms with Gasteiger partial charge in [0.05, 0.1) is 0 Å². The SMILES string of the molecule is NCc1ccc(CNC(=O)N(CCc2ccccc2)C(=O)CCc2ccc(OCC(N)=O)cc2)cc1. The van der Waals surface area contributed by atoms with Crippen LogP contribution in [0.25, 0.3) is 0 Å². The van der Waals surface area contributed by atoms with Gasteiger partial charge in [-0.3, -0.25) is 14.5 Å². The molecule has 0 aliphatic heterocycles. The molecule has 188 valence electrons. The maximum absolute atomic E-state index is 13.1. The summed E-state index contributed by atoms with van der Waals surface area (Å²) in [6.45, 7) is 0.851. The molecule has 0 unspecified atom stereocenters. The monoisotopic (exact) mass is 488 g/mol. The molecule has 36 heavy (non-hydrogen) atoms. The molecular formula is C28H32N4O4. The summed E-state index contributed by atoms with van der Waals surface area (Å²) < 4.78 is 5.26. The number of nitrogens with one attached hydrogen (secondary N) is 1. The molecule has 4 amide bonds. The van der Waals surface area contributed by atoms with Crippen LogP contribution >= 0.6 is 0 Å². The Morgan fingerprint density at radius 3 is 2.03 bits per heavy atom. The summed E-state index contributed by atoms with van der Waals surface area (Å²) >= 11 is 0. The third-order valence-electron chi connectivity index (χ3n) is 5.65. The predicted octanol–water partition coefficient (Wildman–Crippen LogP) is 2.92. The molecule has 3 aromatic rings. The van der Waals surface area contributed by atoms with E-state index in [0.717, 1.165) is 22.3 Å². The van der Waals surface area contributed by atoms with Crippen LogP contribution < -0.4 is 21.5 Å². The number of carbonyl (C=O) groups excluding carboxylic acids is 3. The van der Waals surface area contributed by atoms with Crippen molar-refractivity contribution in [3.8, 4) is 5.75 Å². The van der Waals surface area contributed by atoms with Gasteiger partial charge in [-0.2, -0.15) is 0 Å². The fourth-order valence-electron chi connectivity index (χ4n) is 3.58. The number of nitrogens with zero attached hydrogens (tertiary/aromatic N) is 1. The van der Waals surface area contributed by atoms with Crippen LogP contribution in [-0.4, -0.2) is 35.9 Å². The predicted molar refractivity (Wildman–Crippen MR) is 138 cm³/mol. The number of imide groups is 1. The zero-order valence-electron chi connectivity index (χ0n) is 20.2. The summed E-state index contributed by atoms with van der Waals surface area (Å²) in [5.74, 6) is -0.283. The highest BCUT2D eigenvalue weighted by Crippen LogP contribution is 2.14. The molecule has 0 bridgehead atoms. The zero-order chi connectivity index (χ0) is 25.8. The zero-order valence-corrected chi connectivity index (χ0v) is 20.2. The molecule has 3 aromatic carbocycles. The number of hydrogen-bond acceptors (Lipinski definition) is 5. The number of hydrogen-bond donors (Lipinski definition) is 3. The highest BCUT2D eigenvalue weighted by Gasteiger charge is 2.21. The molecular weight excluding hydrogens is 456 g/mol. The normalized spacial score (nSPS) is 10.5. The first-order valence-electron chi connectivity index (χ1n) is 11.8. The molecule has 0 spiro atoms. The number of rotatable bonds is 12. The first-order valence-corrected chi connectivity index (χ1v) is 11.8. The Morgan fingerprint density at radius 1 is 0.778 bits per heavy atom. The van der Waals surface area contributed by atoms with Crippen molar-refractivity contribution in [2.75, 3.05) is 13.2 Å². The molecule has 8 heteroatoms. The average Bonchev–Trinajstić information content (AvgIpc) is 2.91. The van der Waals surface area contributed by atoms with Gasteiger partial charge in [0.25, 0.3) is 5.91 Å². The Balaban J connectivity index is 1.60. The van der Waals surface area contributed by atoms with Crippen LogP contribution in [-0.2, 0) is 35.5 Å². The molecule has 0 atom stereocenters. The van der Waals surface area contributed by atoms with Gasteiger partial charge in [-0.05, 0) is 47.2 Å². The van der Waals surface area contributed by atoms with E-state index in [0.29, 0.717) is 31.7 Å². The third-order valence-corrected chi connectivity index (χ3v) is 5.65. The van der Waals surface area contributed by atoms with Crippen molar-refractivity contribution in [2.24, 2.45) is 11.5 Å². The molecule has 5 N–H and O–H groups in total. The second-order valence-corrected chi connectivity index (χ2v) is 8.36. The lowest BCUT2D eigenvalue weighted by Gasteiger charge is -2.22. The van der Waals surface area contributed by atoms with Crippen molar-refractivity contribution >= 4 is 17.8 Å². The van der Waals surface area contributed by atoms with Crippen LogP contribution in [0.2, 0.25) is 0 Å². The number of benzene rings is 3. The Hall–Kier alpha value is -4.17. The summed E-state index contributed by atoms with van der Waals surface area (Å²) in [6, 6.07) is 24.1. The fourth-order valence-corrected chi connectivity index (χ4v) is 3.58. The number of aryl methyl sites for hydroxylation is 1. The minimum atomic E-state index is -0.550. The number of amides is 4. The van der Waals surface area contributed by atoms with Crippen LogP contribution in [0, 0.1) is 0 Å². The van der Waals surface area contributed by atoms with E-state index in [1.807, 2.05) is 66.7 Å². The largest absolute Gasteiger partial charge is 0.484 e. The molecule has 0 heterocycles. The third kappa shape index (κ3) is 8.56. The van der Waals surface area contributed by atoms with E-state index in [4.69, 9.17) is 16.2 Å². The van der Waals surface area contributed by atoms with Gasteiger partial charge in [-0.15, -0.1) is 0 Å². The van der Waals surface area contributed by atoms with Crippen molar-refractivity contribution in [1.29, 1.82) is 0 Å². The summed E-state index contributed by atoms with van der Waals surface area (Å²) in [6.07, 6.45) is 1.20. The lowest BCUT2D eigenvalue weighted by atomic mass is 10.1. The van der Waals surface area contributed by atoms with E-state index in [1.54, 1.807) is 12.1 Å². The molecule has 0 saturated carbocycles. The van der Waals surface area contributed by atoms with Gasteiger partial charge in [0.2, 0.25) is 5.91 Å². The molecule has 3 rings (SSSR count). The van der Waals surface area contributed by atoms with Crippen LogP contribution in [0.3, 0.4) is 0 Å². The van der Waals surface area contributed by atoms with Crippen molar-refractivity contribution < 1.29 is 19.1 Å². The van der Waals surface area contributed by atoms with E-state index >= 15 is 0 Å². The summed E-state index contributed by atoms with van der Waals surface area (Å²) in [7, 11) is 0. The maximum Gasteiger partial charge on any atom is 0.324 e. The smallest absolute Gasteiger partial charge is 0.324 e. The van der Waals surface area contributed by atoms with E-state index < -0.39 is 11.9 Å². The second kappa shape index (κ2) is 13.7. The molecule has 0 aliphatic carbocycles. The Labute approximate surface area is 211 Å². The van der Waals surface area contributed by atoms with Crippen LogP contribution in [0.4, 0.5) is 4.79 Å². The lowest BCUT2D eigenvalue weighted by Crippen LogP contribution is -2.44. The summed E-state index contributed by atoms with van der Waals surface area (Å²) in [5.41, 5.74) is 14.6. The van der Waals surface area contributed by atoms with Gasteiger partial charge in [0.1, 0.15) is 5.75 Å². The lowest BCUT2D eigenvalue weighted by molar-refractivity contribution is -0.128. The Bertz CT molecular complexity index is 1130. The van der Waals surface area contributed by atoms with Crippen molar-refractivity contribution in [3.05, 3.63) is 101 Å². The topological polar surface area (TPSA) is 128 Å². The average molecular weight is 489 g/mol. The molecule has 0 aliphatic rings. The van der Waals surface area contributed by atoms with Crippen molar-refractivity contribution in [2.45, 2.75) is 32.4 Å². The quantitative estimate of drug-likeness (QED) is 0.361. The number of urea groups is 1. The van der Waals surface area contributed by atoms with Gasteiger partial charge in [-0.1, -0.05) is 66.7 Å². The Morgan fingerprint density at radius 2 is 1.39 bits per heavy atom. The van der Waals surface area contributed by atoms with Crippen molar-refractivity contribution in [3.63, 3.8) is 0 Å². The van der Waals surface area contributed by atoms with Gasteiger partial charge >= 0.3 is 6.03 Å². The van der Waals surface area contributed by atoms with E-state index in [2.05, 4.69) is 5.32 Å². The fraction of sp³-hybridized carbons (Fsp3) is 0.250. The van der Waals surface area contributed by atoms with Crippen LogP contribution in [0.15, 0.2) is 78.9 Å². The molecule has 0 aromatic heterocycles. The number of carbonyl (C=O) groups is 3. The number of primary amides is 1. The standard InChI is InChI=1S/C28H32N4O4/c29-18-23-6-8-24(9-7-23)19-31-28(35)32(17-16-21-4-2-1-3-5-21)27(34)15-12-22-10-13-25(14-11-22)36-20-26(30)33/h1-11,13-14H,12,15-20,29H2,(H2,30,33)(H,31,35). The Kier molecular flexibility index (Phi) is 10.0. The first kappa shape index (κ1) is 26.4. The maximum atomic E-state index is 13.1. The van der Waals surface area contributed by atoms with Gasteiger partial charge in [0.15, 0.2) is 6.61 Å². The van der Waals surface area contributed by atoms with Gasteiger partial charge in [0, 0.05) is 26.1 Å². The molecule has 8 nitrogen and oxygen atoms in total. The minimum absolute atomic E-state index is 0.175. The molecule has 0 fully saturated rings.